The van der Waals surface area contributed by atoms with Gasteiger partial charge in [-0.2, -0.15) is 0 Å². The third kappa shape index (κ3) is 6.23. The molecule has 2 aromatic rings. The predicted octanol–water partition coefficient (Wildman–Crippen LogP) is 3.73. The zero-order chi connectivity index (χ0) is 26.5. The molecule has 10 heteroatoms. The smallest absolute Gasteiger partial charge is 0.410 e. The molecule has 3 rings (SSSR count). The van der Waals surface area contributed by atoms with Crippen molar-refractivity contribution in [3.8, 4) is 5.75 Å². The van der Waals surface area contributed by atoms with Gasteiger partial charge >= 0.3 is 12.1 Å². The molecule has 1 fully saturated rings. The molecule has 196 valence electrons. The Morgan fingerprint density at radius 3 is 2.42 bits per heavy atom. The minimum atomic E-state index is -1.06. The van der Waals surface area contributed by atoms with E-state index >= 15 is 0 Å². The number of carbonyl (C=O) groups excluding carboxylic acids is 2. The van der Waals surface area contributed by atoms with E-state index in [1.165, 1.54) is 4.90 Å². The van der Waals surface area contributed by atoms with E-state index < -0.39 is 40.2 Å². The van der Waals surface area contributed by atoms with Crippen molar-refractivity contribution in [1.29, 1.82) is 0 Å². The van der Waals surface area contributed by atoms with Crippen molar-refractivity contribution >= 4 is 12.1 Å². The summed E-state index contributed by atoms with van der Waals surface area (Å²) in [6, 6.07) is 9.90. The Balaban J connectivity index is 1.86. The Hall–Kier alpha value is -3.40. The lowest BCUT2D eigenvalue weighted by Gasteiger charge is -2.45. The maximum absolute atomic E-state index is 13.1. The third-order valence-corrected chi connectivity index (χ3v) is 6.42. The molecule has 0 aliphatic heterocycles. The van der Waals surface area contributed by atoms with Crippen LogP contribution in [0.2, 0.25) is 0 Å². The summed E-state index contributed by atoms with van der Waals surface area (Å²) in [5, 5.41) is 10.1. The highest BCUT2D eigenvalue weighted by atomic mass is 16.6. The molecule has 0 spiro atoms. The molecular formula is C26H35N3O7. The first-order chi connectivity index (χ1) is 17.0. The van der Waals surface area contributed by atoms with Gasteiger partial charge in [-0.05, 0) is 57.9 Å². The Labute approximate surface area is 210 Å². The van der Waals surface area contributed by atoms with E-state index in [4.69, 9.17) is 9.47 Å². The van der Waals surface area contributed by atoms with Gasteiger partial charge < -0.3 is 24.3 Å². The molecule has 1 amide bonds. The third-order valence-electron chi connectivity index (χ3n) is 6.42. The normalized spacial score (nSPS) is 20.0. The Kier molecular flexibility index (Phi) is 8.39. The monoisotopic (exact) mass is 501 g/mol. The van der Waals surface area contributed by atoms with Crippen LogP contribution in [0.4, 0.5) is 4.79 Å². The summed E-state index contributed by atoms with van der Waals surface area (Å²) in [5.74, 6) is -1.44. The number of aromatic amines is 1. The summed E-state index contributed by atoms with van der Waals surface area (Å²) in [5.41, 5.74) is -2.09. The van der Waals surface area contributed by atoms with Crippen LogP contribution in [-0.4, -0.2) is 58.4 Å². The molecule has 1 aliphatic rings. The molecule has 0 saturated heterocycles. The van der Waals surface area contributed by atoms with E-state index in [1.54, 1.807) is 27.8 Å². The van der Waals surface area contributed by atoms with Crippen LogP contribution in [0.15, 0.2) is 35.1 Å². The van der Waals surface area contributed by atoms with Gasteiger partial charge in [0.25, 0.3) is 5.56 Å². The zero-order valence-corrected chi connectivity index (χ0v) is 21.5. The molecule has 0 bridgehead atoms. The molecule has 1 aliphatic carbocycles. The number of benzene rings is 1. The number of hydrogen-bond acceptors (Lipinski definition) is 8. The van der Waals surface area contributed by atoms with E-state index in [9.17, 15) is 19.5 Å². The number of carbonyl (C=O) groups is 2. The number of ether oxygens (including phenoxy) is 3. The SMILES string of the molecule is COC(=O)c1nc([C@]2(N(C)C(=O)OC(C)(C)C)CC[C@@H](COCc3ccccc3)CC2)[nH]c(=O)c1O. The van der Waals surface area contributed by atoms with Crippen LogP contribution in [0.25, 0.3) is 0 Å². The number of aromatic hydroxyl groups is 1. The predicted molar refractivity (Wildman–Crippen MR) is 132 cm³/mol. The van der Waals surface area contributed by atoms with Gasteiger partial charge in [0.2, 0.25) is 5.75 Å². The van der Waals surface area contributed by atoms with Crippen molar-refractivity contribution in [1.82, 2.24) is 14.9 Å². The van der Waals surface area contributed by atoms with Gasteiger partial charge in [0, 0.05) is 13.7 Å². The number of nitrogens with one attached hydrogen (secondary N) is 1. The Morgan fingerprint density at radius 1 is 1.19 bits per heavy atom. The number of nitrogens with zero attached hydrogens (tertiary/aromatic N) is 2. The van der Waals surface area contributed by atoms with Gasteiger partial charge in [0.05, 0.1) is 13.7 Å². The summed E-state index contributed by atoms with van der Waals surface area (Å²) < 4.78 is 16.2. The van der Waals surface area contributed by atoms with Crippen LogP contribution in [-0.2, 0) is 26.4 Å². The number of amides is 1. The van der Waals surface area contributed by atoms with Crippen molar-refractivity contribution in [2.45, 2.75) is 64.2 Å². The summed E-state index contributed by atoms with van der Waals surface area (Å²) >= 11 is 0. The molecule has 10 nitrogen and oxygen atoms in total. The fraction of sp³-hybridized carbons (Fsp3) is 0.538. The molecule has 1 aromatic heterocycles. The molecule has 1 heterocycles. The minimum Gasteiger partial charge on any atom is -0.501 e. The maximum Gasteiger partial charge on any atom is 0.410 e. The Morgan fingerprint density at radius 2 is 1.83 bits per heavy atom. The number of aromatic nitrogens is 2. The number of H-pyrrole nitrogens is 1. The van der Waals surface area contributed by atoms with Crippen molar-refractivity contribution < 1.29 is 28.9 Å². The molecule has 0 radical (unpaired) electrons. The highest BCUT2D eigenvalue weighted by Crippen LogP contribution is 2.43. The standard InChI is InChI=1S/C26H35N3O7/c1-25(2,3)36-24(33)29(4)26(23-27-19(22(32)34-5)20(30)21(31)28-23)13-11-18(12-14-26)16-35-15-17-9-7-6-8-10-17/h6-10,18,30H,11-16H2,1-5H3,(H,27,28,31)/t18-,26+. The lowest BCUT2D eigenvalue weighted by atomic mass is 9.75. The molecule has 0 atom stereocenters. The van der Waals surface area contributed by atoms with Gasteiger partial charge in [0.15, 0.2) is 5.69 Å². The average Bonchev–Trinajstić information content (AvgIpc) is 2.84. The number of methoxy groups -OCH3 is 1. The summed E-state index contributed by atoms with van der Waals surface area (Å²) in [6.07, 6.45) is 1.66. The molecule has 1 saturated carbocycles. The number of hydrogen-bond donors (Lipinski definition) is 2. The van der Waals surface area contributed by atoms with E-state index in [-0.39, 0.29) is 11.7 Å². The average molecular weight is 502 g/mol. The summed E-state index contributed by atoms with van der Waals surface area (Å²) in [4.78, 5) is 46.1. The largest absolute Gasteiger partial charge is 0.501 e. The fourth-order valence-electron chi connectivity index (χ4n) is 4.40. The number of esters is 1. The Bertz CT molecular complexity index is 1120. The zero-order valence-electron chi connectivity index (χ0n) is 21.5. The molecule has 2 N–H and O–H groups in total. The fourth-order valence-corrected chi connectivity index (χ4v) is 4.40. The molecule has 36 heavy (non-hydrogen) atoms. The van der Waals surface area contributed by atoms with Crippen molar-refractivity contribution in [3.63, 3.8) is 0 Å². The number of rotatable bonds is 7. The lowest BCUT2D eigenvalue weighted by Crippen LogP contribution is -2.52. The summed E-state index contributed by atoms with van der Waals surface area (Å²) in [7, 11) is 2.72. The first kappa shape index (κ1) is 27.2. The second-order valence-electron chi connectivity index (χ2n) is 10.1. The van der Waals surface area contributed by atoms with Crippen LogP contribution in [0.5, 0.6) is 5.75 Å². The van der Waals surface area contributed by atoms with Crippen LogP contribution in [0.3, 0.4) is 0 Å². The van der Waals surface area contributed by atoms with E-state index in [1.807, 2.05) is 30.3 Å². The van der Waals surface area contributed by atoms with Crippen LogP contribution < -0.4 is 5.56 Å². The summed E-state index contributed by atoms with van der Waals surface area (Å²) in [6.45, 7) is 6.36. The maximum atomic E-state index is 13.1. The quantitative estimate of drug-likeness (QED) is 0.549. The van der Waals surface area contributed by atoms with Gasteiger partial charge in [-0.15, -0.1) is 0 Å². The first-order valence-electron chi connectivity index (χ1n) is 12.0. The second-order valence-corrected chi connectivity index (χ2v) is 10.1. The van der Waals surface area contributed by atoms with Crippen LogP contribution in [0, 0.1) is 5.92 Å². The highest BCUT2D eigenvalue weighted by Gasteiger charge is 2.46. The highest BCUT2D eigenvalue weighted by molar-refractivity contribution is 5.89. The van der Waals surface area contributed by atoms with Gasteiger partial charge in [0.1, 0.15) is 17.0 Å². The van der Waals surface area contributed by atoms with Gasteiger partial charge in [-0.25, -0.2) is 14.6 Å². The second kappa shape index (κ2) is 11.1. The van der Waals surface area contributed by atoms with Gasteiger partial charge in [-0.3, -0.25) is 9.69 Å². The lowest BCUT2D eigenvalue weighted by molar-refractivity contribution is -0.0196. The minimum absolute atomic E-state index is 0.0997. The topological polar surface area (TPSA) is 131 Å². The van der Waals surface area contributed by atoms with Crippen LogP contribution >= 0.6 is 0 Å². The van der Waals surface area contributed by atoms with Crippen LogP contribution in [0.1, 0.15) is 68.3 Å². The molecular weight excluding hydrogens is 466 g/mol. The van der Waals surface area contributed by atoms with E-state index in [0.717, 1.165) is 12.7 Å². The van der Waals surface area contributed by atoms with Crippen molar-refractivity contribution in [3.05, 3.63) is 57.8 Å². The van der Waals surface area contributed by atoms with E-state index in [0.29, 0.717) is 38.9 Å². The van der Waals surface area contributed by atoms with Crippen molar-refractivity contribution in [2.75, 3.05) is 20.8 Å². The first-order valence-corrected chi connectivity index (χ1v) is 12.0. The van der Waals surface area contributed by atoms with Crippen molar-refractivity contribution in [2.24, 2.45) is 5.92 Å². The van der Waals surface area contributed by atoms with Gasteiger partial charge in [-0.1, -0.05) is 30.3 Å². The molecule has 1 aromatic carbocycles. The van der Waals surface area contributed by atoms with E-state index in [2.05, 4.69) is 14.7 Å². The molecule has 0 unspecified atom stereocenters.